The fourth-order valence-corrected chi connectivity index (χ4v) is 4.14. The summed E-state index contributed by atoms with van der Waals surface area (Å²) in [6.07, 6.45) is 10.6. The van der Waals surface area contributed by atoms with Crippen molar-refractivity contribution < 1.29 is 155 Å². The number of nitrogens with zero attached hydrogens (tertiary/aromatic N) is 5. The van der Waals surface area contributed by atoms with Gasteiger partial charge in [-0.05, 0) is 42.7 Å². The first kappa shape index (κ1) is 107. The molecule has 6 heterocycles. The smallest absolute Gasteiger partial charge is 0.138 e. The number of hydrogen-bond acceptors (Lipinski definition) is 5. The van der Waals surface area contributed by atoms with Crippen LogP contribution in [0.5, 0.6) is 0 Å². The van der Waals surface area contributed by atoms with Crippen molar-refractivity contribution in [2.24, 2.45) is 0 Å². The number of alkyl halides is 6. The zero-order chi connectivity index (χ0) is 33.8. The third kappa shape index (κ3) is 42.2. The van der Waals surface area contributed by atoms with Gasteiger partial charge in [0.25, 0.3) is 0 Å². The molecule has 8 N–H and O–H groups in total. The van der Waals surface area contributed by atoms with Crippen molar-refractivity contribution >= 4 is 240 Å². The quantitative estimate of drug-likeness (QED) is 0.0446. The Hall–Kier alpha value is 7.34. The van der Waals surface area contributed by atoms with Crippen LogP contribution in [0.2, 0.25) is 10.3 Å². The first-order valence-electron chi connectivity index (χ1n) is 11.9. The number of aromatic amines is 1. The summed E-state index contributed by atoms with van der Waals surface area (Å²) < 4.78 is 1.93. The minimum atomic E-state index is 0. The fraction of sp³-hybridized carbons (Fsp3) is 0.242. The van der Waals surface area contributed by atoms with Gasteiger partial charge in [-0.3, -0.25) is 4.93 Å². The standard InChI is InChI=1S/C8H7ClN2.C8H6ClN2.C8H8N3.CHI3.CH2I2.CH3I.CH2I.2CH4.3CH3.H3N.H2O.2H3P.V.4Y/c3*1-5-4-11-6-2-3-10-8(9)7(5)6;2-1(3)4;2-1-3;2*1-2;;;;;;;;;;;;;;/h2-4,11H,1H3;2-4H,1H3;2-4H,1H3,(H2,9,10);1H;1H2;1H3;1H2;2*1H4;4*1H3;1H2;2*1H3;;;;;/q;2*-1;;;;-1;;;3*-1;;;;;;;;;. The molecular weight excluding hydrogens is 1950 g/mol. The average Bonchev–Trinajstić information content (AvgIpc) is 3.70. The SMILES string of the molecule is C.C.CI.Cc1c[n-]c2ccnc(Cl)c12.Cc1c[n-]c2ccnc(N)c12.Cc1c[nH]c2ccnc(Cl)c12.IC(I)I.ICI.N.O.P.P.[CH2-]I.[CH3-].[CH3-].[CH3-].[V].[Y].[Y].[Y].[Y]. The Morgan fingerprint density at radius 1 is 0.707 bits per heavy atom. The van der Waals surface area contributed by atoms with Gasteiger partial charge in [0, 0.05) is 185 Å². The third-order valence-corrected chi connectivity index (χ3v) is 5.74. The van der Waals surface area contributed by atoms with Gasteiger partial charge in [0.2, 0.25) is 0 Å². The molecule has 9 nitrogen and oxygen atoms in total. The van der Waals surface area contributed by atoms with E-state index >= 15 is 0 Å². The number of hydrogen-bond donors (Lipinski definition) is 3. The Balaban J connectivity index is -0.0000000296. The van der Waals surface area contributed by atoms with Gasteiger partial charge in [-0.1, -0.05) is 197 Å². The molecule has 2 atom stereocenters. The summed E-state index contributed by atoms with van der Waals surface area (Å²) in [7, 11) is 0. The molecule has 5 radical (unpaired) electrons. The number of nitrogens with two attached hydrogens (primary N) is 1. The van der Waals surface area contributed by atoms with E-state index in [0.29, 0.717) is 16.1 Å². The molecule has 0 saturated heterocycles. The number of pyridine rings is 3. The first-order valence-corrected chi connectivity index (χ1v) is 23.2. The largest absolute Gasteiger partial charge is 0.663 e. The van der Waals surface area contributed by atoms with Crippen LogP contribution in [0.1, 0.15) is 31.5 Å². The van der Waals surface area contributed by atoms with Crippen LogP contribution in [0, 0.1) is 48.0 Å². The molecule has 6 aromatic heterocycles. The number of anilines is 1. The summed E-state index contributed by atoms with van der Waals surface area (Å²) in [4.78, 5) is 28.5. The molecule has 0 saturated carbocycles. The van der Waals surface area contributed by atoms with E-state index in [1.165, 1.54) is 2.43 Å². The number of fused-ring (bicyclic) bond motifs is 3. The minimum Gasteiger partial charge on any atom is -0.663 e. The molecule has 0 aliphatic rings. The second-order valence-corrected chi connectivity index (χ2v) is 23.9. The molecule has 0 aliphatic carbocycles. The van der Waals surface area contributed by atoms with E-state index in [-0.39, 0.29) is 218 Å². The molecule has 0 aromatic carbocycles. The Labute approximate surface area is 576 Å². The molecule has 0 fully saturated rings. The fourth-order valence-electron chi connectivity index (χ4n) is 3.53. The number of aromatic nitrogens is 6. The van der Waals surface area contributed by atoms with Crippen LogP contribution >= 0.6 is 201 Å². The van der Waals surface area contributed by atoms with Crippen LogP contribution < -0.4 is 21.9 Å². The van der Waals surface area contributed by atoms with E-state index in [1.54, 1.807) is 24.8 Å². The van der Waals surface area contributed by atoms with Gasteiger partial charge in [0.05, 0.1) is 7.95 Å². The van der Waals surface area contributed by atoms with Crippen LogP contribution in [-0.2, 0) is 149 Å². The summed E-state index contributed by atoms with van der Waals surface area (Å²) in [5.41, 5.74) is 11.8. The molecule has 0 spiro atoms. The zero-order valence-electron chi connectivity index (χ0n) is 32.3. The van der Waals surface area contributed by atoms with Crippen molar-refractivity contribution in [2.75, 3.05) is 13.1 Å². The van der Waals surface area contributed by atoms with Crippen LogP contribution in [0.15, 0.2) is 55.4 Å². The summed E-state index contributed by atoms with van der Waals surface area (Å²) in [5.74, 6) is 0.567. The van der Waals surface area contributed by atoms with Gasteiger partial charge < -0.3 is 77.2 Å². The van der Waals surface area contributed by atoms with Crippen LogP contribution in [0.4, 0.5) is 5.82 Å². The molecule has 6 rings (SSSR count). The molecule has 2 unspecified atom stereocenters. The number of H-pyrrole nitrogens is 1. The second kappa shape index (κ2) is 66.4. The maximum absolute atomic E-state index is 5.87. The van der Waals surface area contributed by atoms with E-state index in [4.69, 9.17) is 28.9 Å². The van der Waals surface area contributed by atoms with Gasteiger partial charge in [0.1, 0.15) is 16.1 Å². The van der Waals surface area contributed by atoms with Crippen molar-refractivity contribution in [3.8, 4) is 0 Å². The van der Waals surface area contributed by atoms with E-state index < -0.39 is 0 Å². The third-order valence-electron chi connectivity index (χ3n) is 5.17. The van der Waals surface area contributed by atoms with E-state index in [9.17, 15) is 0 Å². The maximum Gasteiger partial charge on any atom is 0.138 e. The van der Waals surface area contributed by atoms with Gasteiger partial charge in [-0.25, -0.2) is 15.0 Å². The van der Waals surface area contributed by atoms with E-state index in [0.717, 1.165) is 49.3 Å². The number of aryl methyl sites for hydroxylation is 3. The summed E-state index contributed by atoms with van der Waals surface area (Å²) in [6, 6.07) is 5.63. The summed E-state index contributed by atoms with van der Waals surface area (Å²) in [6.45, 7) is 5.96. The molecule has 6 aromatic rings. The predicted octanol–water partition coefficient (Wildman–Crippen LogP) is 14.5. The van der Waals surface area contributed by atoms with Crippen molar-refractivity contribution in [2.45, 2.75) is 35.6 Å². The monoisotopic (exact) mass is 2010 g/mol. The molecule has 331 valence electrons. The topological polar surface area (TPSA) is 175 Å². The van der Waals surface area contributed by atoms with Crippen molar-refractivity contribution in [1.29, 1.82) is 0 Å². The predicted molar refractivity (Wildman–Crippen MR) is 316 cm³/mol. The number of nitrogen functional groups attached to an aromatic ring is 1. The van der Waals surface area contributed by atoms with Crippen molar-refractivity contribution in [1.82, 2.24) is 36.1 Å². The maximum atomic E-state index is 5.87. The molecule has 58 heavy (non-hydrogen) atoms. The van der Waals surface area contributed by atoms with Gasteiger partial charge in [0.15, 0.2) is 0 Å². The minimum absolute atomic E-state index is 0. The van der Waals surface area contributed by atoms with Gasteiger partial charge >= 0.3 is 0 Å². The molecule has 25 heteroatoms. The van der Waals surface area contributed by atoms with E-state index in [2.05, 4.69) is 170 Å². The van der Waals surface area contributed by atoms with Gasteiger partial charge in [-0.2, -0.15) is 32.2 Å². The van der Waals surface area contributed by atoms with Crippen LogP contribution in [0.25, 0.3) is 32.7 Å². The molecule has 0 aliphatic heterocycles. The van der Waals surface area contributed by atoms with Crippen LogP contribution in [0.3, 0.4) is 0 Å². The molecule has 0 bridgehead atoms. The normalized spacial score (nSPS) is 7.22. The average molecular weight is 2010 g/mol. The Bertz CT molecular complexity index is 1500. The molecular formula is C33H57Cl2I7N8OP2VY4-6. The summed E-state index contributed by atoms with van der Waals surface area (Å²) >= 11 is 27.3. The number of nitrogens with one attached hydrogen (secondary N) is 1. The Morgan fingerprint density at radius 2 is 1.02 bits per heavy atom. The van der Waals surface area contributed by atoms with Gasteiger partial charge in [-0.15, -0.1) is 11.0 Å². The first-order chi connectivity index (χ1) is 21.0. The Morgan fingerprint density at radius 3 is 1.36 bits per heavy atom. The second-order valence-electron chi connectivity index (χ2n) is 7.81. The number of halogens is 9. The summed E-state index contributed by atoms with van der Waals surface area (Å²) in [5, 5.41) is 4.08. The van der Waals surface area contributed by atoms with Crippen molar-refractivity contribution in [3.63, 3.8) is 0 Å². The zero-order valence-corrected chi connectivity index (χ0v) is 64.5. The Kier molecular flexibility index (Phi) is 122. The number of rotatable bonds is 0. The van der Waals surface area contributed by atoms with Crippen LogP contribution in [-0.4, -0.2) is 32.7 Å². The van der Waals surface area contributed by atoms with Crippen molar-refractivity contribution in [3.05, 3.63) is 110 Å². The molecule has 0 amide bonds. The van der Waals surface area contributed by atoms with E-state index in [1.807, 2.05) is 78.9 Å².